The maximum atomic E-state index is 13.1. The van der Waals surface area contributed by atoms with Gasteiger partial charge in [0.2, 0.25) is 0 Å². The summed E-state index contributed by atoms with van der Waals surface area (Å²) in [5.41, 5.74) is 0. The summed E-state index contributed by atoms with van der Waals surface area (Å²) in [5.74, 6) is -1.37. The zero-order chi connectivity index (χ0) is 69.8. The van der Waals surface area contributed by atoms with E-state index in [-0.39, 0.29) is 25.7 Å². The molecule has 0 saturated carbocycles. The molecule has 0 saturated heterocycles. The first-order chi connectivity index (χ1) is 46.0. The fourth-order valence-corrected chi connectivity index (χ4v) is 13.3. The lowest BCUT2D eigenvalue weighted by Gasteiger charge is -2.21. The van der Waals surface area contributed by atoms with Gasteiger partial charge in [0, 0.05) is 25.7 Å². The number of rotatable bonds is 76. The monoisotopic (exact) mass is 1400 g/mol. The third kappa shape index (κ3) is 70.3. The molecule has 0 bridgehead atoms. The van der Waals surface area contributed by atoms with Gasteiger partial charge in [-0.15, -0.1) is 0 Å². The topological polar surface area (TPSA) is 237 Å². The SMILES string of the molecule is CCCCCCCCCCCCCCCCCCCCCCC(=O)O[C@H](COC(=O)CCCCCCCCCCCCCCCCCCC)COP(=O)(O)OC[C@@H](O)COP(=O)(O)OC[C@@H](COC(=O)CCCCCCC)OC(=O)CCCCCCCCCCCCC(C)C. The maximum Gasteiger partial charge on any atom is 0.472 e. The highest BCUT2D eigenvalue weighted by molar-refractivity contribution is 7.47. The Kier molecular flexibility index (Phi) is 67.7. The average molecular weight is 1400 g/mol. The first kappa shape index (κ1) is 93.1. The number of phosphoric ester groups is 2. The standard InChI is InChI=1S/C76H148O17P2/c1-6-9-12-15-17-19-21-23-25-27-28-29-31-33-35-37-42-46-51-56-61-76(81)93-72(66-87-74(79)60-55-50-45-41-36-34-32-30-26-24-22-20-18-16-13-10-7-2)68-91-95(84,85)89-64-70(77)63-88-94(82,83)90-67-71(65-86-73(78)59-54-48-14-11-8-3)92-75(80)62-57-52-47-43-39-38-40-44-49-53-58-69(4)5/h69-72,77H,6-68H2,1-5H3,(H,82,83)(H,84,85)/t70-,71+,72+/m0/s1. The van der Waals surface area contributed by atoms with Crippen LogP contribution in [-0.4, -0.2) is 96.7 Å². The van der Waals surface area contributed by atoms with Crippen LogP contribution in [0.25, 0.3) is 0 Å². The van der Waals surface area contributed by atoms with E-state index in [1.54, 1.807) is 0 Å². The fourth-order valence-electron chi connectivity index (χ4n) is 11.7. The first-order valence-corrected chi connectivity index (χ1v) is 42.6. The number of esters is 4. The van der Waals surface area contributed by atoms with E-state index in [0.717, 1.165) is 102 Å². The molecule has 0 aliphatic carbocycles. The van der Waals surface area contributed by atoms with Crippen molar-refractivity contribution >= 4 is 39.5 Å². The summed E-state index contributed by atoms with van der Waals surface area (Å²) >= 11 is 0. The zero-order valence-corrected chi connectivity index (χ0v) is 63.6. The minimum atomic E-state index is -4.95. The molecule has 2 unspecified atom stereocenters. The summed E-state index contributed by atoms with van der Waals surface area (Å²) in [6, 6.07) is 0. The van der Waals surface area contributed by atoms with E-state index in [4.69, 9.17) is 37.0 Å². The van der Waals surface area contributed by atoms with Gasteiger partial charge < -0.3 is 33.8 Å². The third-order valence-electron chi connectivity index (χ3n) is 17.8. The van der Waals surface area contributed by atoms with Crippen LogP contribution >= 0.6 is 15.6 Å². The third-order valence-corrected chi connectivity index (χ3v) is 19.7. The largest absolute Gasteiger partial charge is 0.472 e. The predicted octanol–water partition coefficient (Wildman–Crippen LogP) is 22.5. The molecule has 0 aliphatic rings. The Morgan fingerprint density at radius 3 is 0.716 bits per heavy atom. The number of carbonyl (C=O) groups excluding carboxylic acids is 4. The Balaban J connectivity index is 5.13. The molecule has 0 radical (unpaired) electrons. The van der Waals surface area contributed by atoms with Crippen molar-refractivity contribution < 1.29 is 80.2 Å². The Labute approximate surface area is 581 Å². The molecule has 0 fully saturated rings. The van der Waals surface area contributed by atoms with Crippen molar-refractivity contribution in [3.63, 3.8) is 0 Å². The smallest absolute Gasteiger partial charge is 0.462 e. The van der Waals surface area contributed by atoms with Crippen molar-refractivity contribution in [3.05, 3.63) is 0 Å². The van der Waals surface area contributed by atoms with Crippen LogP contribution < -0.4 is 0 Å². The van der Waals surface area contributed by atoms with Crippen molar-refractivity contribution in [1.82, 2.24) is 0 Å². The number of phosphoric acid groups is 2. The van der Waals surface area contributed by atoms with E-state index in [0.29, 0.717) is 25.7 Å². The second-order valence-corrected chi connectivity index (χ2v) is 30.8. The van der Waals surface area contributed by atoms with Crippen LogP contribution in [0, 0.1) is 5.92 Å². The molecule has 0 aromatic rings. The molecule has 564 valence electrons. The van der Waals surface area contributed by atoms with E-state index in [1.165, 1.54) is 218 Å². The van der Waals surface area contributed by atoms with Gasteiger partial charge in [0.05, 0.1) is 26.4 Å². The number of aliphatic hydroxyl groups is 1. The number of hydrogen-bond acceptors (Lipinski definition) is 15. The molecule has 0 rings (SSSR count). The van der Waals surface area contributed by atoms with Crippen LogP contribution in [0.2, 0.25) is 0 Å². The van der Waals surface area contributed by atoms with Crippen molar-refractivity contribution in [3.8, 4) is 0 Å². The number of unbranched alkanes of at least 4 members (excludes halogenated alkanes) is 48. The highest BCUT2D eigenvalue weighted by Gasteiger charge is 2.30. The van der Waals surface area contributed by atoms with Crippen molar-refractivity contribution in [2.24, 2.45) is 5.92 Å². The Morgan fingerprint density at radius 1 is 0.284 bits per heavy atom. The van der Waals surface area contributed by atoms with E-state index in [2.05, 4.69) is 34.6 Å². The Morgan fingerprint density at radius 2 is 0.484 bits per heavy atom. The van der Waals surface area contributed by atoms with Gasteiger partial charge in [-0.1, -0.05) is 349 Å². The van der Waals surface area contributed by atoms with Crippen molar-refractivity contribution in [2.45, 2.75) is 419 Å². The minimum absolute atomic E-state index is 0.105. The number of hydrogen-bond donors (Lipinski definition) is 3. The van der Waals surface area contributed by atoms with Gasteiger partial charge in [-0.3, -0.25) is 37.3 Å². The molecule has 0 aromatic carbocycles. The molecule has 0 aliphatic heterocycles. The Bertz CT molecular complexity index is 1820. The van der Waals surface area contributed by atoms with Crippen LogP contribution in [0.5, 0.6) is 0 Å². The van der Waals surface area contributed by atoms with Crippen LogP contribution in [0.15, 0.2) is 0 Å². The van der Waals surface area contributed by atoms with Gasteiger partial charge in [-0.05, 0) is 31.6 Å². The summed E-state index contributed by atoms with van der Waals surface area (Å²) in [6.07, 6.45) is 58.8. The number of ether oxygens (including phenoxy) is 4. The van der Waals surface area contributed by atoms with Crippen LogP contribution in [-0.2, 0) is 65.4 Å². The van der Waals surface area contributed by atoms with Crippen LogP contribution in [0.4, 0.5) is 0 Å². The molecule has 0 aromatic heterocycles. The summed E-state index contributed by atoms with van der Waals surface area (Å²) in [5, 5.41) is 10.6. The summed E-state index contributed by atoms with van der Waals surface area (Å²) in [7, 11) is -9.90. The predicted molar refractivity (Wildman–Crippen MR) is 386 cm³/mol. The van der Waals surface area contributed by atoms with Crippen LogP contribution in [0.3, 0.4) is 0 Å². The number of aliphatic hydroxyl groups excluding tert-OH is 1. The molecule has 19 heteroatoms. The second-order valence-electron chi connectivity index (χ2n) is 27.9. The molecule has 95 heavy (non-hydrogen) atoms. The maximum absolute atomic E-state index is 13.1. The molecule has 0 heterocycles. The summed E-state index contributed by atoms with van der Waals surface area (Å²) in [4.78, 5) is 72.5. The lowest BCUT2D eigenvalue weighted by Crippen LogP contribution is -2.30. The molecule has 17 nitrogen and oxygen atoms in total. The van der Waals surface area contributed by atoms with Gasteiger partial charge in [-0.2, -0.15) is 0 Å². The molecular formula is C76H148O17P2. The Hall–Kier alpha value is -1.94. The normalized spacial score (nSPS) is 13.9. The van der Waals surface area contributed by atoms with E-state index in [9.17, 15) is 43.2 Å². The highest BCUT2D eigenvalue weighted by atomic mass is 31.2. The van der Waals surface area contributed by atoms with Crippen molar-refractivity contribution in [2.75, 3.05) is 39.6 Å². The summed E-state index contributed by atoms with van der Waals surface area (Å²) in [6.45, 7) is 7.19. The molecule has 5 atom stereocenters. The molecule has 0 amide bonds. The van der Waals surface area contributed by atoms with Gasteiger partial charge in [0.25, 0.3) is 0 Å². The lowest BCUT2D eigenvalue weighted by molar-refractivity contribution is -0.161. The minimum Gasteiger partial charge on any atom is -0.462 e. The second kappa shape index (κ2) is 69.2. The quantitative estimate of drug-likeness (QED) is 0.0222. The highest BCUT2D eigenvalue weighted by Crippen LogP contribution is 2.45. The van der Waals surface area contributed by atoms with E-state index >= 15 is 0 Å². The fraction of sp³-hybridized carbons (Fsp3) is 0.947. The van der Waals surface area contributed by atoms with Gasteiger partial charge in [0.1, 0.15) is 19.3 Å². The van der Waals surface area contributed by atoms with Crippen molar-refractivity contribution in [1.29, 1.82) is 0 Å². The van der Waals surface area contributed by atoms with E-state index in [1.807, 2.05) is 0 Å². The molecule has 0 spiro atoms. The van der Waals surface area contributed by atoms with Gasteiger partial charge in [0.15, 0.2) is 12.2 Å². The first-order valence-electron chi connectivity index (χ1n) is 39.6. The molecule has 3 N–H and O–H groups in total. The summed E-state index contributed by atoms with van der Waals surface area (Å²) < 4.78 is 68.3. The number of carbonyl (C=O) groups is 4. The lowest BCUT2D eigenvalue weighted by atomic mass is 10.0. The van der Waals surface area contributed by atoms with Gasteiger partial charge >= 0.3 is 39.5 Å². The zero-order valence-electron chi connectivity index (χ0n) is 61.8. The van der Waals surface area contributed by atoms with E-state index < -0.39 is 97.5 Å². The molecular weight excluding hydrogens is 1250 g/mol. The van der Waals surface area contributed by atoms with Crippen LogP contribution in [0.1, 0.15) is 401 Å². The average Bonchev–Trinajstić information content (AvgIpc) is 1.66. The van der Waals surface area contributed by atoms with Gasteiger partial charge in [-0.25, -0.2) is 9.13 Å².